The van der Waals surface area contributed by atoms with Crippen LogP contribution in [0.2, 0.25) is 4.18 Å². The standard InChI is InChI=1S/C3H5O.Hf/c1-3(2)4;/h1H2,2H3;. The van der Waals surface area contributed by atoms with Gasteiger partial charge in [0.1, 0.15) is 0 Å². The van der Waals surface area contributed by atoms with Gasteiger partial charge >= 0.3 is 46.1 Å². The Hall–Kier alpha value is 0.540. The van der Waals surface area contributed by atoms with E-state index >= 15 is 0 Å². The van der Waals surface area contributed by atoms with E-state index in [-0.39, 0.29) is 0 Å². The molecule has 0 unspecified atom stereocenters. The second-order valence-electron chi connectivity index (χ2n) is 0.879. The molecule has 0 fully saturated rings. The van der Waals surface area contributed by atoms with Crippen LogP contribution in [0.15, 0.2) is 0 Å². The van der Waals surface area contributed by atoms with Gasteiger partial charge in [-0.3, -0.25) is 0 Å². The summed E-state index contributed by atoms with van der Waals surface area (Å²) in [4.78, 5) is 9.85. The molecular formula is C3H5HfO. The van der Waals surface area contributed by atoms with Crippen LogP contribution < -0.4 is 0 Å². The Balaban J connectivity index is 2.85. The molecule has 0 aliphatic carbocycles. The molecule has 0 aromatic heterocycles. The summed E-state index contributed by atoms with van der Waals surface area (Å²) in [5, 5.41) is 0. The molecule has 0 radical (unpaired) electrons. The summed E-state index contributed by atoms with van der Waals surface area (Å²) in [7, 11) is 0. The van der Waals surface area contributed by atoms with Crippen molar-refractivity contribution in [1.29, 1.82) is 0 Å². The average molecular weight is 236 g/mol. The van der Waals surface area contributed by atoms with Gasteiger partial charge in [-0.05, 0) is 0 Å². The summed E-state index contributed by atoms with van der Waals surface area (Å²) < 4.78 is 0.806. The van der Waals surface area contributed by atoms with Crippen LogP contribution >= 0.6 is 0 Å². The predicted molar refractivity (Wildman–Crippen MR) is 15.5 cm³/mol. The van der Waals surface area contributed by atoms with E-state index in [1.54, 1.807) is 6.92 Å². The van der Waals surface area contributed by atoms with Crippen LogP contribution in [0.3, 0.4) is 0 Å². The van der Waals surface area contributed by atoms with E-state index in [0.717, 1.165) is 28.6 Å². The van der Waals surface area contributed by atoms with Gasteiger partial charge in [0, 0.05) is 0 Å². The SMILES string of the molecule is CC(=O)[CH2][Hf]. The zero-order chi connectivity index (χ0) is 4.28. The second kappa shape index (κ2) is 2.76. The van der Waals surface area contributed by atoms with Crippen LogP contribution in [0, 0.1) is 0 Å². The summed E-state index contributed by atoms with van der Waals surface area (Å²) in [5.41, 5.74) is 0. The summed E-state index contributed by atoms with van der Waals surface area (Å²) in [6.45, 7) is 1.62. The molecule has 0 aliphatic rings. The van der Waals surface area contributed by atoms with E-state index in [1.807, 2.05) is 0 Å². The maximum atomic E-state index is 9.85. The van der Waals surface area contributed by atoms with Crippen molar-refractivity contribution in [3.8, 4) is 0 Å². The number of ketones is 1. The number of carbonyl (C=O) groups excluding carboxylic acids is 1. The summed E-state index contributed by atoms with van der Waals surface area (Å²) >= 11 is 1.02. The second-order valence-corrected chi connectivity index (χ2v) is 2.15. The van der Waals surface area contributed by atoms with Gasteiger partial charge in [-0.2, -0.15) is 0 Å². The van der Waals surface area contributed by atoms with Crippen molar-refractivity contribution in [3.05, 3.63) is 0 Å². The van der Waals surface area contributed by atoms with Crippen LogP contribution in [0.25, 0.3) is 0 Å². The molecule has 0 saturated carbocycles. The van der Waals surface area contributed by atoms with E-state index < -0.39 is 0 Å². The van der Waals surface area contributed by atoms with E-state index in [9.17, 15) is 4.79 Å². The summed E-state index contributed by atoms with van der Waals surface area (Å²) in [5.74, 6) is 0.316. The molecule has 0 N–H and O–H groups in total. The topological polar surface area (TPSA) is 17.1 Å². The third kappa shape index (κ3) is 4.54. The molecular weight excluding hydrogens is 231 g/mol. The minimum absolute atomic E-state index is 0.316. The Labute approximate surface area is 46.3 Å². The first-order valence-electron chi connectivity index (χ1n) is 1.41. The molecule has 0 saturated heterocycles. The number of Topliss-reactive ketones (excluding diaryl/α,β-unsaturated/α-hetero) is 1. The van der Waals surface area contributed by atoms with Crippen LogP contribution in [-0.2, 0) is 29.2 Å². The molecule has 0 heterocycles. The normalized spacial score (nSPS) is 7.20. The van der Waals surface area contributed by atoms with Crippen LogP contribution in [0.1, 0.15) is 6.92 Å². The monoisotopic (exact) mass is 237 g/mol. The molecule has 27 valence electrons. The molecule has 1 nitrogen and oxygen atoms in total. The van der Waals surface area contributed by atoms with Crippen molar-refractivity contribution in [2.75, 3.05) is 0 Å². The molecule has 0 amide bonds. The van der Waals surface area contributed by atoms with Crippen molar-refractivity contribution in [2.24, 2.45) is 0 Å². The molecule has 0 bridgehead atoms. The maximum absolute atomic E-state index is 9.85. The third-order valence-corrected chi connectivity index (χ3v) is 2.04. The van der Waals surface area contributed by atoms with E-state index in [0.29, 0.717) is 5.78 Å². The van der Waals surface area contributed by atoms with Crippen molar-refractivity contribution >= 4 is 5.78 Å². The van der Waals surface area contributed by atoms with Gasteiger partial charge in [-0.1, -0.05) is 0 Å². The first-order chi connectivity index (χ1) is 2.27. The van der Waals surface area contributed by atoms with E-state index in [2.05, 4.69) is 0 Å². The Morgan fingerprint density at radius 1 is 2.00 bits per heavy atom. The molecule has 0 aromatic rings. The first-order valence-corrected chi connectivity index (χ1v) is 3.95. The third-order valence-electron chi connectivity index (χ3n) is 0.249. The Morgan fingerprint density at radius 2 is 2.20 bits per heavy atom. The van der Waals surface area contributed by atoms with E-state index in [1.165, 1.54) is 0 Å². The van der Waals surface area contributed by atoms with Gasteiger partial charge in [0.05, 0.1) is 0 Å². The fraction of sp³-hybridized carbons (Fsp3) is 0.667. The molecule has 0 aliphatic heterocycles. The number of carbonyl (C=O) groups is 1. The Bertz CT molecular complexity index is 42.2. The quantitative estimate of drug-likeness (QED) is 0.607. The Morgan fingerprint density at radius 3 is 2.20 bits per heavy atom. The summed E-state index contributed by atoms with van der Waals surface area (Å²) in [6.07, 6.45) is 0. The Kier molecular flexibility index (Phi) is 3.06. The van der Waals surface area contributed by atoms with Gasteiger partial charge in [0.25, 0.3) is 0 Å². The van der Waals surface area contributed by atoms with Crippen LogP contribution in [0.5, 0.6) is 0 Å². The van der Waals surface area contributed by atoms with Gasteiger partial charge < -0.3 is 0 Å². The van der Waals surface area contributed by atoms with Gasteiger partial charge in [0.15, 0.2) is 0 Å². The zero-order valence-electron chi connectivity index (χ0n) is 3.12. The van der Waals surface area contributed by atoms with Gasteiger partial charge in [-0.25, -0.2) is 0 Å². The molecule has 0 spiro atoms. The van der Waals surface area contributed by atoms with Crippen LogP contribution in [-0.4, -0.2) is 5.78 Å². The first kappa shape index (κ1) is 5.54. The average Bonchev–Trinajstić information content (AvgIpc) is 1.38. The van der Waals surface area contributed by atoms with Crippen molar-refractivity contribution < 1.29 is 29.2 Å². The molecule has 0 rings (SSSR count). The van der Waals surface area contributed by atoms with Crippen molar-refractivity contribution in [3.63, 3.8) is 0 Å². The van der Waals surface area contributed by atoms with E-state index in [4.69, 9.17) is 0 Å². The number of hydrogen-bond donors (Lipinski definition) is 0. The fourth-order valence-electron chi connectivity index (χ4n) is 0. The van der Waals surface area contributed by atoms with Crippen molar-refractivity contribution in [2.45, 2.75) is 11.1 Å². The zero-order valence-corrected chi connectivity index (χ0v) is 6.71. The number of hydrogen-bond acceptors (Lipinski definition) is 1. The van der Waals surface area contributed by atoms with Gasteiger partial charge in [0.2, 0.25) is 0 Å². The number of rotatable bonds is 1. The summed E-state index contributed by atoms with van der Waals surface area (Å²) in [6, 6.07) is 0. The molecule has 5 heavy (non-hydrogen) atoms. The van der Waals surface area contributed by atoms with Gasteiger partial charge in [-0.15, -0.1) is 0 Å². The molecule has 0 aromatic carbocycles. The molecule has 2 heteroatoms. The molecule has 0 atom stereocenters. The van der Waals surface area contributed by atoms with Crippen molar-refractivity contribution in [1.82, 2.24) is 0 Å². The van der Waals surface area contributed by atoms with Crippen LogP contribution in [0.4, 0.5) is 0 Å². The fourth-order valence-corrected chi connectivity index (χ4v) is 0. The predicted octanol–water partition coefficient (Wildman–Crippen LogP) is 0.540. The minimum atomic E-state index is 0.316.